The second-order valence-corrected chi connectivity index (χ2v) is 7.72. The molecule has 0 aliphatic carbocycles. The molecule has 0 saturated heterocycles. The fourth-order valence-corrected chi connectivity index (χ4v) is 3.29. The number of carbonyl (C=O) groups is 3. The highest BCUT2D eigenvalue weighted by molar-refractivity contribution is 6.03. The number of amides is 3. The van der Waals surface area contributed by atoms with E-state index in [1.165, 1.54) is 18.2 Å². The number of carbonyl (C=O) groups excluding carboxylic acids is 3. The minimum absolute atomic E-state index is 0.0872. The smallest absolute Gasteiger partial charge is 0.414 e. The quantitative estimate of drug-likeness (QED) is 0.198. The summed E-state index contributed by atoms with van der Waals surface area (Å²) < 4.78 is 5.52. The molecule has 0 unspecified atom stereocenters. The first-order chi connectivity index (χ1) is 16.9. The van der Waals surface area contributed by atoms with Gasteiger partial charge in [-0.2, -0.15) is 0 Å². The lowest BCUT2D eigenvalue weighted by Gasteiger charge is -2.18. The summed E-state index contributed by atoms with van der Waals surface area (Å²) in [4.78, 5) is 36.7. The molecule has 3 amide bonds. The third-order valence-corrected chi connectivity index (χ3v) is 5.09. The summed E-state index contributed by atoms with van der Waals surface area (Å²) >= 11 is 0. The second kappa shape index (κ2) is 12.6. The molecule has 0 aliphatic heterocycles. The molecule has 8 heteroatoms. The molecule has 0 radical (unpaired) electrons. The van der Waals surface area contributed by atoms with Gasteiger partial charge in [0.15, 0.2) is 0 Å². The first kappa shape index (κ1) is 25.0. The Morgan fingerprint density at radius 1 is 0.943 bits per heavy atom. The molecule has 0 fully saturated rings. The van der Waals surface area contributed by atoms with E-state index >= 15 is 0 Å². The van der Waals surface area contributed by atoms with Crippen LogP contribution < -0.4 is 16.4 Å². The molecule has 1 atom stereocenters. The number of benzene rings is 3. The van der Waals surface area contributed by atoms with Gasteiger partial charge in [-0.15, -0.1) is 0 Å². The molecule has 3 aromatic carbocycles. The van der Waals surface area contributed by atoms with Crippen molar-refractivity contribution in [3.8, 4) is 5.75 Å². The van der Waals surface area contributed by atoms with Crippen LogP contribution in [0.15, 0.2) is 91.0 Å². The molecule has 0 aliphatic rings. The fourth-order valence-electron chi connectivity index (χ4n) is 3.29. The van der Waals surface area contributed by atoms with Crippen molar-refractivity contribution < 1.29 is 24.2 Å². The number of nitrogens with one attached hydrogen (secondary N) is 2. The summed E-state index contributed by atoms with van der Waals surface area (Å²) in [5.74, 6) is -0.773. The maximum Gasteiger partial charge on any atom is 0.414 e. The lowest BCUT2D eigenvalue weighted by Crippen LogP contribution is -2.32. The van der Waals surface area contributed by atoms with Gasteiger partial charge in [0, 0.05) is 5.56 Å². The van der Waals surface area contributed by atoms with Crippen LogP contribution in [0.1, 0.15) is 41.3 Å². The zero-order chi connectivity index (χ0) is 25.0. The first-order valence-electron chi connectivity index (χ1n) is 11.1. The Kier molecular flexibility index (Phi) is 9.01. The van der Waals surface area contributed by atoms with Crippen molar-refractivity contribution in [3.05, 3.63) is 102 Å². The Morgan fingerprint density at radius 2 is 1.63 bits per heavy atom. The second-order valence-electron chi connectivity index (χ2n) is 7.72. The third kappa shape index (κ3) is 8.04. The van der Waals surface area contributed by atoms with E-state index < -0.39 is 18.1 Å². The summed E-state index contributed by atoms with van der Waals surface area (Å²) in [5.41, 5.74) is 7.86. The number of nitrogen functional groups attached to an aromatic ring is 1. The Balaban J connectivity index is 1.54. The molecule has 0 spiro atoms. The maximum absolute atomic E-state index is 12.4. The molecule has 8 nitrogen and oxygen atoms in total. The largest absolute Gasteiger partial charge is 0.508 e. The molecule has 0 heterocycles. The number of allylic oxidation sites excluding steroid dienone is 1. The number of aromatic hydroxyl groups is 1. The highest BCUT2D eigenvalue weighted by atomic mass is 16.6. The van der Waals surface area contributed by atoms with E-state index in [0.717, 1.165) is 0 Å². The number of alkyl carbamates (subject to hydrolysis) is 1. The van der Waals surface area contributed by atoms with Gasteiger partial charge in [-0.25, -0.2) is 4.79 Å². The number of nitrogens with two attached hydrogens (primary N) is 1. The summed E-state index contributed by atoms with van der Waals surface area (Å²) in [6.07, 6.45) is 3.23. The zero-order valence-electron chi connectivity index (χ0n) is 19.0. The van der Waals surface area contributed by atoms with Crippen molar-refractivity contribution in [1.29, 1.82) is 0 Å². The maximum atomic E-state index is 12.4. The van der Waals surface area contributed by atoms with Crippen LogP contribution in [0.5, 0.6) is 5.75 Å². The lowest BCUT2D eigenvalue weighted by molar-refractivity contribution is -0.111. The van der Waals surface area contributed by atoms with E-state index in [-0.39, 0.29) is 11.7 Å². The number of ether oxygens (including phenoxy) is 1. The average Bonchev–Trinajstić information content (AvgIpc) is 2.85. The standard InChI is InChI=1S/C27H27N3O5/c28-22-11-7-8-12-23(22)29-25(32)14-6-2-5-13-24(19-15-17-21(31)18-16-19)35-27(34)30-26(33)20-9-3-1-4-10-20/h1,3-4,6-12,14-18,24,31H,2,5,13,28H2,(H,29,32)(H,30,33,34)/b14-6+/t24-/m0/s1. The number of hydrogen-bond donors (Lipinski definition) is 4. The van der Waals surface area contributed by atoms with Crippen molar-refractivity contribution in [2.45, 2.75) is 25.4 Å². The normalized spacial score (nSPS) is 11.5. The van der Waals surface area contributed by atoms with E-state index in [0.29, 0.717) is 41.8 Å². The van der Waals surface area contributed by atoms with Gasteiger partial charge in [0.25, 0.3) is 5.91 Å². The monoisotopic (exact) mass is 473 g/mol. The molecule has 0 saturated carbocycles. The van der Waals surface area contributed by atoms with Crippen LogP contribution in [0.25, 0.3) is 0 Å². The summed E-state index contributed by atoms with van der Waals surface area (Å²) in [6, 6.07) is 21.6. The molecule has 3 rings (SSSR count). The number of phenols is 1. The van der Waals surface area contributed by atoms with E-state index in [4.69, 9.17) is 10.5 Å². The van der Waals surface area contributed by atoms with Gasteiger partial charge in [0.2, 0.25) is 5.91 Å². The Bertz CT molecular complexity index is 1180. The van der Waals surface area contributed by atoms with Crippen molar-refractivity contribution in [2.24, 2.45) is 0 Å². The minimum atomic E-state index is -0.868. The van der Waals surface area contributed by atoms with Gasteiger partial charge >= 0.3 is 6.09 Å². The van der Waals surface area contributed by atoms with Crippen LogP contribution in [0.3, 0.4) is 0 Å². The molecule has 180 valence electrons. The molecule has 5 N–H and O–H groups in total. The molecule has 0 bridgehead atoms. The average molecular weight is 474 g/mol. The van der Waals surface area contributed by atoms with Crippen LogP contribution in [0.2, 0.25) is 0 Å². The fraction of sp³-hybridized carbons (Fsp3) is 0.148. The van der Waals surface area contributed by atoms with Crippen molar-refractivity contribution in [3.63, 3.8) is 0 Å². The van der Waals surface area contributed by atoms with Crippen LogP contribution >= 0.6 is 0 Å². The van der Waals surface area contributed by atoms with Gasteiger partial charge in [0.05, 0.1) is 11.4 Å². The topological polar surface area (TPSA) is 131 Å². The number of para-hydroxylation sites is 2. The van der Waals surface area contributed by atoms with Crippen molar-refractivity contribution in [1.82, 2.24) is 5.32 Å². The highest BCUT2D eigenvalue weighted by Gasteiger charge is 2.19. The summed E-state index contributed by atoms with van der Waals surface area (Å²) in [7, 11) is 0. The van der Waals surface area contributed by atoms with E-state index in [2.05, 4.69) is 10.6 Å². The van der Waals surface area contributed by atoms with Gasteiger partial charge in [-0.3, -0.25) is 14.9 Å². The highest BCUT2D eigenvalue weighted by Crippen LogP contribution is 2.26. The lowest BCUT2D eigenvalue weighted by atomic mass is 10.0. The third-order valence-electron chi connectivity index (χ3n) is 5.09. The van der Waals surface area contributed by atoms with Crippen molar-refractivity contribution >= 4 is 29.3 Å². The molecule has 0 aromatic heterocycles. The van der Waals surface area contributed by atoms with Crippen LogP contribution in [0.4, 0.5) is 16.2 Å². The van der Waals surface area contributed by atoms with E-state index in [1.807, 2.05) is 0 Å². The summed E-state index contributed by atoms with van der Waals surface area (Å²) in [5, 5.41) is 14.5. The number of hydrogen-bond acceptors (Lipinski definition) is 6. The SMILES string of the molecule is Nc1ccccc1NC(=O)/C=C/CCC[C@H](OC(=O)NC(=O)c1ccccc1)c1ccc(O)cc1. The summed E-state index contributed by atoms with van der Waals surface area (Å²) in [6.45, 7) is 0. The zero-order valence-corrected chi connectivity index (χ0v) is 19.0. The minimum Gasteiger partial charge on any atom is -0.508 e. The molecule has 3 aromatic rings. The van der Waals surface area contributed by atoms with Gasteiger partial charge < -0.3 is 20.9 Å². The number of anilines is 2. The number of rotatable bonds is 9. The predicted octanol–water partition coefficient (Wildman–Crippen LogP) is 4.95. The van der Waals surface area contributed by atoms with Crippen LogP contribution in [-0.2, 0) is 9.53 Å². The van der Waals surface area contributed by atoms with Gasteiger partial charge in [-0.05, 0) is 67.3 Å². The first-order valence-corrected chi connectivity index (χ1v) is 11.1. The van der Waals surface area contributed by atoms with Crippen LogP contribution in [-0.4, -0.2) is 23.0 Å². The number of phenolic OH excluding ortho intramolecular Hbond substituents is 1. The number of unbranched alkanes of at least 4 members (excludes halogenated alkanes) is 1. The number of imide groups is 1. The van der Waals surface area contributed by atoms with E-state index in [1.54, 1.807) is 72.8 Å². The molecular weight excluding hydrogens is 446 g/mol. The van der Waals surface area contributed by atoms with Gasteiger partial charge in [-0.1, -0.05) is 48.5 Å². The Labute approximate surface area is 203 Å². The van der Waals surface area contributed by atoms with E-state index in [9.17, 15) is 19.5 Å². The van der Waals surface area contributed by atoms with Gasteiger partial charge in [0.1, 0.15) is 11.9 Å². The van der Waals surface area contributed by atoms with Crippen LogP contribution in [0, 0.1) is 0 Å². The Hall–Kier alpha value is -4.59. The predicted molar refractivity (Wildman–Crippen MR) is 134 cm³/mol. The van der Waals surface area contributed by atoms with Crippen molar-refractivity contribution in [2.75, 3.05) is 11.1 Å². The Morgan fingerprint density at radius 3 is 2.34 bits per heavy atom. The molecule has 35 heavy (non-hydrogen) atoms. The molecular formula is C27H27N3O5.